The third-order valence-electron chi connectivity index (χ3n) is 4.21. The van der Waals surface area contributed by atoms with Crippen LogP contribution >= 0.6 is 0 Å². The molecule has 0 atom stereocenters. The Kier molecular flexibility index (Phi) is 5.17. The molecule has 1 aromatic heterocycles. The highest BCUT2D eigenvalue weighted by molar-refractivity contribution is 6.47. The minimum Gasteiger partial charge on any atom is -0.405 e. The zero-order valence-electron chi connectivity index (χ0n) is 15.2. The molecule has 0 unspecified atom stereocenters. The van der Waals surface area contributed by atoms with E-state index in [-0.39, 0.29) is 11.6 Å². The highest BCUT2D eigenvalue weighted by Gasteiger charge is 2.11. The maximum Gasteiger partial charge on any atom is 0.273 e. The minimum atomic E-state index is -0.309. The Balaban J connectivity index is 1.88. The van der Waals surface area contributed by atoms with Crippen molar-refractivity contribution < 1.29 is 4.79 Å². The van der Waals surface area contributed by atoms with Crippen LogP contribution in [-0.2, 0) is 4.79 Å². The maximum absolute atomic E-state index is 12.2. The molecule has 0 bridgehead atoms. The van der Waals surface area contributed by atoms with Gasteiger partial charge in [-0.3, -0.25) is 9.79 Å². The number of amides is 1. The molecule has 0 fully saturated rings. The van der Waals surface area contributed by atoms with Crippen LogP contribution in [-0.4, -0.2) is 23.7 Å². The van der Waals surface area contributed by atoms with E-state index in [0.717, 1.165) is 27.7 Å². The molecule has 0 aliphatic heterocycles. The predicted molar refractivity (Wildman–Crippen MR) is 112 cm³/mol. The molecule has 1 amide bonds. The van der Waals surface area contributed by atoms with E-state index in [1.54, 1.807) is 7.05 Å². The number of benzene rings is 2. The smallest absolute Gasteiger partial charge is 0.273 e. The van der Waals surface area contributed by atoms with Crippen molar-refractivity contribution in [1.82, 2.24) is 4.98 Å². The fraction of sp³-hybridized carbons (Fsp3) is 0.0952. The summed E-state index contributed by atoms with van der Waals surface area (Å²) in [5.74, 6) is -0.309. The van der Waals surface area contributed by atoms with Gasteiger partial charge in [0.2, 0.25) is 0 Å². The van der Waals surface area contributed by atoms with Crippen LogP contribution in [0.25, 0.3) is 22.2 Å². The monoisotopic (exact) mass is 359 g/mol. The lowest BCUT2D eigenvalue weighted by molar-refractivity contribution is -0.110. The number of nitrogens with one attached hydrogen (secondary N) is 1. The zero-order valence-corrected chi connectivity index (χ0v) is 15.2. The molecule has 0 spiro atoms. The molecule has 0 saturated carbocycles. The molecular formula is C21H21N5O. The number of aliphatic imine (C=N–C) groups is 1. The molecule has 27 heavy (non-hydrogen) atoms. The van der Waals surface area contributed by atoms with Crippen molar-refractivity contribution in [3.8, 4) is 11.3 Å². The largest absolute Gasteiger partial charge is 0.405 e. The molecule has 6 heteroatoms. The minimum absolute atomic E-state index is 0.261. The number of aryl methyl sites for hydroxylation is 1. The van der Waals surface area contributed by atoms with Gasteiger partial charge in [-0.1, -0.05) is 12.1 Å². The van der Waals surface area contributed by atoms with Crippen LogP contribution < -0.4 is 16.8 Å². The zero-order chi connectivity index (χ0) is 19.4. The van der Waals surface area contributed by atoms with Crippen LogP contribution in [0.1, 0.15) is 5.56 Å². The van der Waals surface area contributed by atoms with Gasteiger partial charge in [0, 0.05) is 29.4 Å². The lowest BCUT2D eigenvalue weighted by Crippen LogP contribution is -2.22. The van der Waals surface area contributed by atoms with Gasteiger partial charge in [0.25, 0.3) is 5.91 Å². The quantitative estimate of drug-likeness (QED) is 0.491. The number of fused-ring (bicyclic) bond motifs is 1. The molecule has 3 rings (SSSR count). The summed E-state index contributed by atoms with van der Waals surface area (Å²) in [6.07, 6.45) is 2.75. The average molecular weight is 359 g/mol. The van der Waals surface area contributed by atoms with Crippen LogP contribution in [0.15, 0.2) is 65.8 Å². The third-order valence-corrected chi connectivity index (χ3v) is 4.21. The topological polar surface area (TPSA) is 106 Å². The van der Waals surface area contributed by atoms with Crippen LogP contribution in [0.3, 0.4) is 0 Å². The van der Waals surface area contributed by atoms with Gasteiger partial charge >= 0.3 is 0 Å². The molecule has 136 valence electrons. The first-order valence-corrected chi connectivity index (χ1v) is 8.45. The number of pyridine rings is 1. The molecule has 2 aromatic carbocycles. The summed E-state index contributed by atoms with van der Waals surface area (Å²) in [7, 11) is 1.55. The number of nitrogens with zero attached hydrogens (tertiary/aromatic N) is 2. The standard InChI is InChI=1S/C21H21N5O/c1-13-11-14(3-6-17(13)26-21(27)20(24-2)9-10-22)18-7-4-15-12-16(23)5-8-19(15)25-18/h3-12H,22-23H2,1-2H3,(H,26,27). The Labute approximate surface area is 157 Å². The van der Waals surface area contributed by atoms with Gasteiger partial charge in [0.15, 0.2) is 0 Å². The average Bonchev–Trinajstić information content (AvgIpc) is 2.67. The summed E-state index contributed by atoms with van der Waals surface area (Å²) in [5.41, 5.74) is 16.5. The van der Waals surface area contributed by atoms with E-state index in [0.29, 0.717) is 11.4 Å². The summed E-state index contributed by atoms with van der Waals surface area (Å²) >= 11 is 0. The fourth-order valence-electron chi connectivity index (χ4n) is 2.80. The first-order valence-electron chi connectivity index (χ1n) is 8.45. The lowest BCUT2D eigenvalue weighted by atomic mass is 10.0. The number of nitrogen functional groups attached to an aromatic ring is 1. The summed E-state index contributed by atoms with van der Waals surface area (Å²) in [6, 6.07) is 15.4. The summed E-state index contributed by atoms with van der Waals surface area (Å²) in [5, 5.41) is 3.85. The molecule has 6 nitrogen and oxygen atoms in total. The van der Waals surface area contributed by atoms with Crippen LogP contribution in [0, 0.1) is 6.92 Å². The number of hydrogen-bond donors (Lipinski definition) is 3. The van der Waals surface area contributed by atoms with Gasteiger partial charge in [-0.2, -0.15) is 0 Å². The van der Waals surface area contributed by atoms with E-state index in [1.165, 1.54) is 12.3 Å². The summed E-state index contributed by atoms with van der Waals surface area (Å²) in [6.45, 7) is 1.93. The molecule has 0 radical (unpaired) electrons. The Morgan fingerprint density at radius 2 is 1.96 bits per heavy atom. The van der Waals surface area contributed by atoms with Crippen molar-refractivity contribution in [2.45, 2.75) is 6.92 Å². The second kappa shape index (κ2) is 7.70. The van der Waals surface area contributed by atoms with Crippen molar-refractivity contribution in [2.75, 3.05) is 18.1 Å². The Bertz CT molecular complexity index is 1070. The van der Waals surface area contributed by atoms with Gasteiger partial charge < -0.3 is 16.8 Å². The van der Waals surface area contributed by atoms with E-state index >= 15 is 0 Å². The maximum atomic E-state index is 12.2. The number of hydrogen-bond acceptors (Lipinski definition) is 5. The second-order valence-corrected chi connectivity index (χ2v) is 6.10. The van der Waals surface area contributed by atoms with E-state index in [4.69, 9.17) is 16.5 Å². The normalized spacial score (nSPS) is 11.9. The van der Waals surface area contributed by atoms with Crippen molar-refractivity contribution in [1.29, 1.82) is 0 Å². The van der Waals surface area contributed by atoms with Crippen LogP contribution in [0.2, 0.25) is 0 Å². The second-order valence-electron chi connectivity index (χ2n) is 6.10. The van der Waals surface area contributed by atoms with E-state index in [2.05, 4.69) is 10.3 Å². The van der Waals surface area contributed by atoms with Gasteiger partial charge in [0.05, 0.1) is 11.2 Å². The van der Waals surface area contributed by atoms with E-state index in [9.17, 15) is 4.79 Å². The van der Waals surface area contributed by atoms with Crippen molar-refractivity contribution >= 4 is 33.9 Å². The number of anilines is 2. The van der Waals surface area contributed by atoms with Gasteiger partial charge in [-0.05, 0) is 61.2 Å². The number of carbonyl (C=O) groups is 1. The summed E-state index contributed by atoms with van der Waals surface area (Å²) in [4.78, 5) is 20.9. The SMILES string of the molecule is CN=C(C=CN)C(=O)Nc1ccc(-c2ccc3cc(N)ccc3n2)cc1C. The van der Waals surface area contributed by atoms with Crippen molar-refractivity contribution in [3.63, 3.8) is 0 Å². The highest BCUT2D eigenvalue weighted by Crippen LogP contribution is 2.26. The first kappa shape index (κ1) is 18.1. The molecule has 5 N–H and O–H groups in total. The van der Waals surface area contributed by atoms with Gasteiger partial charge in [-0.15, -0.1) is 0 Å². The summed E-state index contributed by atoms with van der Waals surface area (Å²) < 4.78 is 0. The Morgan fingerprint density at radius 1 is 1.15 bits per heavy atom. The van der Waals surface area contributed by atoms with Crippen LogP contribution in [0.5, 0.6) is 0 Å². The van der Waals surface area contributed by atoms with Gasteiger partial charge in [-0.25, -0.2) is 4.98 Å². The number of nitrogens with two attached hydrogens (primary N) is 2. The number of carbonyl (C=O) groups excluding carboxylic acids is 1. The molecular weight excluding hydrogens is 338 g/mol. The van der Waals surface area contributed by atoms with Crippen molar-refractivity contribution in [2.24, 2.45) is 10.7 Å². The Hall–Kier alpha value is -3.67. The van der Waals surface area contributed by atoms with Gasteiger partial charge in [0.1, 0.15) is 5.71 Å². The molecule has 0 saturated heterocycles. The highest BCUT2D eigenvalue weighted by atomic mass is 16.1. The predicted octanol–water partition coefficient (Wildman–Crippen LogP) is 3.27. The van der Waals surface area contributed by atoms with Crippen LogP contribution in [0.4, 0.5) is 11.4 Å². The lowest BCUT2D eigenvalue weighted by Gasteiger charge is -2.11. The molecule has 0 aliphatic rings. The molecule has 3 aromatic rings. The molecule has 0 aliphatic carbocycles. The van der Waals surface area contributed by atoms with Crippen molar-refractivity contribution in [3.05, 3.63) is 66.4 Å². The number of rotatable bonds is 4. The van der Waals surface area contributed by atoms with E-state index in [1.807, 2.05) is 55.5 Å². The fourth-order valence-corrected chi connectivity index (χ4v) is 2.80. The number of aromatic nitrogens is 1. The third kappa shape index (κ3) is 3.95. The first-order chi connectivity index (χ1) is 13.0. The Morgan fingerprint density at radius 3 is 2.67 bits per heavy atom. The van der Waals surface area contributed by atoms with E-state index < -0.39 is 0 Å². The molecule has 1 heterocycles.